The highest BCUT2D eigenvalue weighted by atomic mass is 32.2. The first-order valence-electron chi connectivity index (χ1n) is 6.65. The summed E-state index contributed by atoms with van der Waals surface area (Å²) in [4.78, 5) is 25.7. The van der Waals surface area contributed by atoms with Gasteiger partial charge in [-0.05, 0) is 43.3 Å². The van der Waals surface area contributed by atoms with E-state index in [0.717, 1.165) is 4.90 Å². The quantitative estimate of drug-likeness (QED) is 0.836. The fraction of sp³-hybridized carbons (Fsp3) is 0.125. The number of para-hydroxylation sites is 1. The van der Waals surface area contributed by atoms with Crippen LogP contribution in [0.1, 0.15) is 6.92 Å². The van der Waals surface area contributed by atoms with Gasteiger partial charge in [0, 0.05) is 10.6 Å². The number of fused-ring (bicyclic) bond motifs is 1. The molecule has 0 aromatic heterocycles. The first-order chi connectivity index (χ1) is 10.5. The van der Waals surface area contributed by atoms with E-state index >= 15 is 0 Å². The van der Waals surface area contributed by atoms with Crippen molar-refractivity contribution < 1.29 is 14.0 Å². The molecule has 2 aromatic rings. The molecule has 0 radical (unpaired) electrons. The average molecular weight is 316 g/mol. The number of rotatable bonds is 2. The van der Waals surface area contributed by atoms with E-state index in [4.69, 9.17) is 0 Å². The summed E-state index contributed by atoms with van der Waals surface area (Å²) in [5, 5.41) is 5.40. The molecule has 2 amide bonds. The smallest absolute Gasteiger partial charge is 0.250 e. The lowest BCUT2D eigenvalue weighted by molar-refractivity contribution is -0.126. The van der Waals surface area contributed by atoms with Gasteiger partial charge in [0.05, 0.1) is 5.69 Å². The molecule has 6 heteroatoms. The number of amides is 2. The van der Waals surface area contributed by atoms with E-state index in [-0.39, 0.29) is 11.7 Å². The first-order valence-corrected chi connectivity index (χ1v) is 7.47. The Morgan fingerprint density at radius 2 is 1.86 bits per heavy atom. The van der Waals surface area contributed by atoms with Crippen LogP contribution in [0, 0.1) is 5.82 Å². The van der Waals surface area contributed by atoms with Crippen molar-refractivity contribution >= 4 is 35.0 Å². The minimum Gasteiger partial charge on any atom is -0.324 e. The molecule has 4 nitrogen and oxygen atoms in total. The molecule has 22 heavy (non-hydrogen) atoms. The first kappa shape index (κ1) is 14.6. The third kappa shape index (κ3) is 2.57. The van der Waals surface area contributed by atoms with Crippen LogP contribution in [0.5, 0.6) is 0 Å². The SMILES string of the molecule is CC1(C(=O)Nc2ccc(F)cc2)Sc2ccccc2NC1=O. The van der Waals surface area contributed by atoms with Crippen molar-refractivity contribution in [1.82, 2.24) is 0 Å². The molecule has 3 rings (SSSR count). The van der Waals surface area contributed by atoms with E-state index in [9.17, 15) is 14.0 Å². The number of hydrogen-bond acceptors (Lipinski definition) is 3. The Morgan fingerprint density at radius 1 is 1.18 bits per heavy atom. The summed E-state index contributed by atoms with van der Waals surface area (Å²) in [7, 11) is 0. The predicted octanol–water partition coefficient (Wildman–Crippen LogP) is 3.27. The number of benzene rings is 2. The normalized spacial score (nSPS) is 20.0. The van der Waals surface area contributed by atoms with Crippen LogP contribution in [-0.2, 0) is 9.59 Å². The Morgan fingerprint density at radius 3 is 2.59 bits per heavy atom. The van der Waals surface area contributed by atoms with Crippen LogP contribution in [0.25, 0.3) is 0 Å². The van der Waals surface area contributed by atoms with E-state index in [1.54, 1.807) is 13.0 Å². The van der Waals surface area contributed by atoms with Gasteiger partial charge in [0.15, 0.2) is 4.75 Å². The van der Waals surface area contributed by atoms with Crippen molar-refractivity contribution in [3.05, 3.63) is 54.3 Å². The lowest BCUT2D eigenvalue weighted by Crippen LogP contribution is -2.49. The number of anilines is 2. The highest BCUT2D eigenvalue weighted by molar-refractivity contribution is 8.02. The van der Waals surface area contributed by atoms with E-state index in [1.807, 2.05) is 18.2 Å². The van der Waals surface area contributed by atoms with Crippen LogP contribution < -0.4 is 10.6 Å². The van der Waals surface area contributed by atoms with E-state index < -0.39 is 10.7 Å². The molecule has 0 saturated heterocycles. The van der Waals surface area contributed by atoms with Gasteiger partial charge < -0.3 is 10.6 Å². The second kappa shape index (κ2) is 5.46. The zero-order chi connectivity index (χ0) is 15.7. The minimum absolute atomic E-state index is 0.379. The van der Waals surface area contributed by atoms with Crippen LogP contribution in [0.2, 0.25) is 0 Å². The monoisotopic (exact) mass is 316 g/mol. The van der Waals surface area contributed by atoms with Crippen molar-refractivity contribution in [2.24, 2.45) is 0 Å². The summed E-state index contributed by atoms with van der Waals surface area (Å²) in [6, 6.07) is 12.7. The Bertz CT molecular complexity index is 748. The number of thioether (sulfide) groups is 1. The maximum Gasteiger partial charge on any atom is 0.250 e. The summed E-state index contributed by atoms with van der Waals surface area (Å²) in [6.07, 6.45) is 0. The summed E-state index contributed by atoms with van der Waals surface area (Å²) in [6.45, 7) is 1.57. The van der Waals surface area contributed by atoms with Crippen molar-refractivity contribution in [2.45, 2.75) is 16.6 Å². The number of carbonyl (C=O) groups excluding carboxylic acids is 2. The van der Waals surface area contributed by atoms with Gasteiger partial charge in [-0.1, -0.05) is 23.9 Å². The number of hydrogen-bond donors (Lipinski definition) is 2. The Labute approximate surface area is 131 Å². The molecule has 1 atom stereocenters. The van der Waals surface area contributed by atoms with Crippen LogP contribution in [0.4, 0.5) is 15.8 Å². The maximum absolute atomic E-state index is 12.9. The Hall–Kier alpha value is -2.34. The van der Waals surface area contributed by atoms with Gasteiger partial charge in [0.1, 0.15) is 5.82 Å². The maximum atomic E-state index is 12.9. The van der Waals surface area contributed by atoms with Crippen LogP contribution in [0.15, 0.2) is 53.4 Å². The minimum atomic E-state index is -1.29. The molecule has 0 bridgehead atoms. The van der Waals surface area contributed by atoms with Crippen LogP contribution >= 0.6 is 11.8 Å². The molecule has 1 unspecified atom stereocenters. The van der Waals surface area contributed by atoms with Crippen LogP contribution in [-0.4, -0.2) is 16.6 Å². The Kier molecular flexibility index (Phi) is 3.62. The zero-order valence-corrected chi connectivity index (χ0v) is 12.5. The second-order valence-electron chi connectivity index (χ2n) is 5.05. The molecule has 1 aliphatic rings. The summed E-state index contributed by atoms with van der Waals surface area (Å²) in [5.74, 6) is -1.21. The topological polar surface area (TPSA) is 58.2 Å². The van der Waals surface area contributed by atoms with Crippen LogP contribution in [0.3, 0.4) is 0 Å². The van der Waals surface area contributed by atoms with Gasteiger partial charge in [-0.2, -0.15) is 0 Å². The molecule has 0 saturated carbocycles. The molecule has 2 N–H and O–H groups in total. The lowest BCUT2D eigenvalue weighted by Gasteiger charge is -2.31. The van der Waals surface area contributed by atoms with E-state index in [2.05, 4.69) is 10.6 Å². The van der Waals surface area contributed by atoms with Crippen molar-refractivity contribution in [2.75, 3.05) is 10.6 Å². The molecular weight excluding hydrogens is 303 g/mol. The van der Waals surface area contributed by atoms with Gasteiger partial charge in [-0.3, -0.25) is 9.59 Å². The summed E-state index contributed by atoms with van der Waals surface area (Å²) >= 11 is 1.20. The number of nitrogens with one attached hydrogen (secondary N) is 2. The average Bonchev–Trinajstić information content (AvgIpc) is 2.50. The lowest BCUT2D eigenvalue weighted by atomic mass is 10.1. The van der Waals surface area contributed by atoms with Gasteiger partial charge in [0.2, 0.25) is 11.8 Å². The summed E-state index contributed by atoms with van der Waals surface area (Å²) < 4.78 is 11.6. The zero-order valence-electron chi connectivity index (χ0n) is 11.7. The van der Waals surface area contributed by atoms with E-state index in [1.165, 1.54) is 36.0 Å². The third-order valence-corrected chi connectivity index (χ3v) is 4.77. The molecule has 1 heterocycles. The van der Waals surface area contributed by atoms with Gasteiger partial charge in [-0.25, -0.2) is 4.39 Å². The molecule has 0 fully saturated rings. The van der Waals surface area contributed by atoms with Crippen molar-refractivity contribution in [3.8, 4) is 0 Å². The van der Waals surface area contributed by atoms with Gasteiger partial charge >= 0.3 is 0 Å². The molecule has 112 valence electrons. The van der Waals surface area contributed by atoms with Gasteiger partial charge in [-0.15, -0.1) is 0 Å². The highest BCUT2D eigenvalue weighted by Crippen LogP contribution is 2.42. The largest absolute Gasteiger partial charge is 0.324 e. The highest BCUT2D eigenvalue weighted by Gasteiger charge is 2.45. The third-order valence-electron chi connectivity index (χ3n) is 3.42. The predicted molar refractivity (Wildman–Crippen MR) is 84.4 cm³/mol. The molecule has 0 aliphatic carbocycles. The molecular formula is C16H13FN2O2S. The summed E-state index contributed by atoms with van der Waals surface area (Å²) in [5.41, 5.74) is 1.14. The number of carbonyl (C=O) groups is 2. The molecule has 0 spiro atoms. The fourth-order valence-electron chi connectivity index (χ4n) is 2.10. The molecule has 2 aromatic carbocycles. The van der Waals surface area contributed by atoms with Crippen molar-refractivity contribution in [3.63, 3.8) is 0 Å². The Balaban J connectivity index is 1.85. The fourth-order valence-corrected chi connectivity index (χ4v) is 3.20. The number of halogens is 1. The van der Waals surface area contributed by atoms with Gasteiger partial charge in [0.25, 0.3) is 0 Å². The molecule has 1 aliphatic heterocycles. The van der Waals surface area contributed by atoms with Crippen molar-refractivity contribution in [1.29, 1.82) is 0 Å². The van der Waals surface area contributed by atoms with E-state index in [0.29, 0.717) is 11.4 Å². The standard InChI is InChI=1S/C16H13FN2O2S/c1-16(14(20)18-11-8-6-10(17)7-9-11)15(21)19-12-4-2-3-5-13(12)22-16/h2-9H,1H3,(H,18,20)(H,19,21). The second-order valence-corrected chi connectivity index (χ2v) is 6.51.